The van der Waals surface area contributed by atoms with Crippen molar-refractivity contribution in [2.24, 2.45) is 0 Å². The molecular weight excluding hydrogens is 285 g/mol. The predicted molar refractivity (Wildman–Crippen MR) is 77.9 cm³/mol. The van der Waals surface area contributed by atoms with Crippen molar-refractivity contribution in [1.82, 2.24) is 0 Å². The number of hydrogen-bond donors (Lipinski definition) is 2. The minimum Gasteiger partial charge on any atom is -0.478 e. The van der Waals surface area contributed by atoms with Crippen LogP contribution in [0.3, 0.4) is 0 Å². The minimum atomic E-state index is -0.993. The van der Waals surface area contributed by atoms with Gasteiger partial charge in [0.2, 0.25) is 0 Å². The van der Waals surface area contributed by atoms with Crippen LogP contribution in [-0.2, 0) is 0 Å². The van der Waals surface area contributed by atoms with Crippen molar-refractivity contribution in [2.45, 2.75) is 6.92 Å². The summed E-state index contributed by atoms with van der Waals surface area (Å²) in [6.45, 7) is 1.89. The van der Waals surface area contributed by atoms with Crippen molar-refractivity contribution in [2.75, 3.05) is 5.32 Å². The molecule has 0 atom stereocenters. The Kier molecular flexibility index (Phi) is 3.98. The molecule has 2 N–H and O–H groups in total. The maximum atomic E-state index is 11.2. The molecule has 2 rings (SSSR count). The Labute approximate surface area is 120 Å². The average Bonchev–Trinajstić information content (AvgIpc) is 2.32. The van der Waals surface area contributed by atoms with Crippen LogP contribution in [0.25, 0.3) is 0 Å². The van der Waals surface area contributed by atoms with Gasteiger partial charge < -0.3 is 10.4 Å². The molecule has 2 aromatic carbocycles. The molecule has 19 heavy (non-hydrogen) atoms. The number of benzene rings is 2. The third kappa shape index (κ3) is 3.19. The number of anilines is 2. The zero-order valence-corrected chi connectivity index (χ0v) is 11.6. The first-order chi connectivity index (χ1) is 8.97. The number of halogens is 2. The lowest BCUT2D eigenvalue weighted by Gasteiger charge is -2.12. The quantitative estimate of drug-likeness (QED) is 0.859. The van der Waals surface area contributed by atoms with Crippen molar-refractivity contribution in [1.29, 1.82) is 0 Å². The van der Waals surface area contributed by atoms with Gasteiger partial charge in [-0.2, -0.15) is 0 Å². The molecule has 0 spiro atoms. The van der Waals surface area contributed by atoms with Gasteiger partial charge in [-0.15, -0.1) is 0 Å². The molecule has 98 valence electrons. The van der Waals surface area contributed by atoms with Crippen molar-refractivity contribution >= 4 is 40.5 Å². The van der Waals surface area contributed by atoms with E-state index in [9.17, 15) is 4.79 Å². The Balaban J connectivity index is 2.42. The number of carboxylic acids is 1. The molecule has 0 saturated heterocycles. The topological polar surface area (TPSA) is 49.3 Å². The fourth-order valence-corrected chi connectivity index (χ4v) is 2.14. The van der Waals surface area contributed by atoms with Crippen LogP contribution in [0.2, 0.25) is 10.0 Å². The summed E-state index contributed by atoms with van der Waals surface area (Å²) >= 11 is 11.9. The number of nitrogens with one attached hydrogen (secondary N) is 1. The van der Waals surface area contributed by atoms with E-state index < -0.39 is 5.97 Å². The van der Waals surface area contributed by atoms with E-state index in [2.05, 4.69) is 5.32 Å². The lowest BCUT2D eigenvalue weighted by atomic mass is 10.1. The van der Waals surface area contributed by atoms with E-state index in [0.29, 0.717) is 21.4 Å². The maximum Gasteiger partial charge on any atom is 0.337 e. The largest absolute Gasteiger partial charge is 0.478 e. The molecule has 0 radical (unpaired) electrons. The highest BCUT2D eigenvalue weighted by molar-refractivity contribution is 6.36. The van der Waals surface area contributed by atoms with Crippen LogP contribution in [0.15, 0.2) is 36.4 Å². The Morgan fingerprint density at radius 3 is 2.47 bits per heavy atom. The average molecular weight is 296 g/mol. The van der Waals surface area contributed by atoms with Crippen LogP contribution in [0.5, 0.6) is 0 Å². The van der Waals surface area contributed by atoms with E-state index in [-0.39, 0.29) is 5.56 Å². The van der Waals surface area contributed by atoms with Gasteiger partial charge in [0, 0.05) is 5.02 Å². The van der Waals surface area contributed by atoms with Crippen LogP contribution in [-0.4, -0.2) is 11.1 Å². The molecule has 3 nitrogen and oxygen atoms in total. The first-order valence-electron chi connectivity index (χ1n) is 5.53. The first-order valence-corrected chi connectivity index (χ1v) is 6.29. The summed E-state index contributed by atoms with van der Waals surface area (Å²) in [7, 11) is 0. The molecule has 5 heteroatoms. The van der Waals surface area contributed by atoms with Gasteiger partial charge in [0.05, 0.1) is 22.0 Å². The Morgan fingerprint density at radius 2 is 1.84 bits per heavy atom. The minimum absolute atomic E-state index is 0.191. The Hall–Kier alpha value is -1.71. The van der Waals surface area contributed by atoms with Gasteiger partial charge in [0.25, 0.3) is 0 Å². The molecule has 0 aromatic heterocycles. The molecule has 0 aliphatic carbocycles. The summed E-state index contributed by atoms with van der Waals surface area (Å²) in [4.78, 5) is 11.2. The highest BCUT2D eigenvalue weighted by Gasteiger charge is 2.11. The van der Waals surface area contributed by atoms with Gasteiger partial charge in [-0.05, 0) is 42.8 Å². The van der Waals surface area contributed by atoms with Gasteiger partial charge in [0.1, 0.15) is 0 Å². The normalized spacial score (nSPS) is 10.3. The number of hydrogen-bond acceptors (Lipinski definition) is 2. The van der Waals surface area contributed by atoms with Gasteiger partial charge in [-0.1, -0.05) is 29.3 Å². The lowest BCUT2D eigenvalue weighted by molar-refractivity contribution is 0.0698. The standard InChI is InChI=1S/C14H11Cl2NO2/c1-8-2-4-10(14(18)19)13(6-8)17-12-5-3-9(15)7-11(12)16/h2-7,17H,1H3,(H,18,19). The van der Waals surface area contributed by atoms with Crippen molar-refractivity contribution < 1.29 is 9.90 Å². The van der Waals surface area contributed by atoms with Gasteiger partial charge in [0.15, 0.2) is 0 Å². The molecule has 0 aliphatic heterocycles. The molecule has 0 amide bonds. The molecule has 2 aromatic rings. The summed E-state index contributed by atoms with van der Waals surface area (Å²) in [5.41, 5.74) is 2.25. The van der Waals surface area contributed by atoms with E-state index in [1.807, 2.05) is 6.92 Å². The third-order valence-corrected chi connectivity index (χ3v) is 3.15. The Morgan fingerprint density at radius 1 is 1.11 bits per heavy atom. The fraction of sp³-hybridized carbons (Fsp3) is 0.0714. The number of aromatic carboxylic acids is 1. The zero-order chi connectivity index (χ0) is 14.0. The molecule has 0 fully saturated rings. The van der Waals surface area contributed by atoms with Crippen LogP contribution >= 0.6 is 23.2 Å². The van der Waals surface area contributed by atoms with Crippen LogP contribution < -0.4 is 5.32 Å². The second-order valence-electron chi connectivity index (χ2n) is 4.10. The molecular formula is C14H11Cl2NO2. The molecule has 0 bridgehead atoms. The highest BCUT2D eigenvalue weighted by Crippen LogP contribution is 2.30. The summed E-state index contributed by atoms with van der Waals surface area (Å²) in [6, 6.07) is 10.1. The van der Waals surface area contributed by atoms with Crippen LogP contribution in [0.1, 0.15) is 15.9 Å². The first kappa shape index (κ1) is 13.7. The zero-order valence-electron chi connectivity index (χ0n) is 10.1. The number of aryl methyl sites for hydroxylation is 1. The van der Waals surface area contributed by atoms with E-state index >= 15 is 0 Å². The number of rotatable bonds is 3. The van der Waals surface area contributed by atoms with Crippen LogP contribution in [0.4, 0.5) is 11.4 Å². The molecule has 0 heterocycles. The van der Waals surface area contributed by atoms with Crippen molar-refractivity contribution in [3.8, 4) is 0 Å². The fourth-order valence-electron chi connectivity index (χ4n) is 1.68. The van der Waals surface area contributed by atoms with Crippen molar-refractivity contribution in [3.63, 3.8) is 0 Å². The van der Waals surface area contributed by atoms with E-state index in [0.717, 1.165) is 5.56 Å². The third-order valence-electron chi connectivity index (χ3n) is 2.61. The molecule has 0 aliphatic rings. The Bertz CT molecular complexity index is 641. The number of carbonyl (C=O) groups is 1. The van der Waals surface area contributed by atoms with Gasteiger partial charge >= 0.3 is 5.97 Å². The summed E-state index contributed by atoms with van der Waals surface area (Å²) in [5.74, 6) is -0.993. The number of carboxylic acid groups (broad SMARTS) is 1. The van der Waals surface area contributed by atoms with E-state index in [1.54, 1.807) is 36.4 Å². The monoisotopic (exact) mass is 295 g/mol. The highest BCUT2D eigenvalue weighted by atomic mass is 35.5. The second kappa shape index (κ2) is 5.51. The maximum absolute atomic E-state index is 11.2. The van der Waals surface area contributed by atoms with Crippen LogP contribution in [0, 0.1) is 6.92 Å². The van der Waals surface area contributed by atoms with Crippen molar-refractivity contribution in [3.05, 3.63) is 57.6 Å². The lowest BCUT2D eigenvalue weighted by Crippen LogP contribution is -2.03. The molecule has 0 unspecified atom stereocenters. The van der Waals surface area contributed by atoms with E-state index in [4.69, 9.17) is 28.3 Å². The smallest absolute Gasteiger partial charge is 0.337 e. The van der Waals surface area contributed by atoms with E-state index in [1.165, 1.54) is 0 Å². The SMILES string of the molecule is Cc1ccc(C(=O)O)c(Nc2ccc(Cl)cc2Cl)c1. The summed E-state index contributed by atoms with van der Waals surface area (Å²) < 4.78 is 0. The van der Waals surface area contributed by atoms with Gasteiger partial charge in [-0.3, -0.25) is 0 Å². The predicted octanol–water partition coefficient (Wildman–Crippen LogP) is 4.74. The second-order valence-corrected chi connectivity index (χ2v) is 4.95. The summed E-state index contributed by atoms with van der Waals surface area (Å²) in [5, 5.41) is 13.1. The summed E-state index contributed by atoms with van der Waals surface area (Å²) in [6.07, 6.45) is 0. The molecule has 0 saturated carbocycles. The van der Waals surface area contributed by atoms with Gasteiger partial charge in [-0.25, -0.2) is 4.79 Å².